The summed E-state index contributed by atoms with van der Waals surface area (Å²) in [5.74, 6) is 3.56. The van der Waals surface area contributed by atoms with Gasteiger partial charge in [0.1, 0.15) is 17.8 Å². The number of halogens is 3. The fourth-order valence-electron chi connectivity index (χ4n) is 4.78. The van der Waals surface area contributed by atoms with Crippen LogP contribution in [0.2, 0.25) is 5.02 Å². The summed E-state index contributed by atoms with van der Waals surface area (Å²) in [5.41, 5.74) is 4.04. The minimum Gasteiger partial charge on any atom is -0.359 e. The van der Waals surface area contributed by atoms with Gasteiger partial charge in [-0.3, -0.25) is 4.99 Å². The van der Waals surface area contributed by atoms with Gasteiger partial charge < -0.3 is 10.2 Å². The molecule has 4 heterocycles. The third-order valence-corrected chi connectivity index (χ3v) is 7.32. The Bertz CT molecular complexity index is 1310. The Hall–Kier alpha value is -3.08. The van der Waals surface area contributed by atoms with E-state index in [0.29, 0.717) is 17.1 Å². The highest BCUT2D eigenvalue weighted by Crippen LogP contribution is 2.45. The van der Waals surface area contributed by atoms with Gasteiger partial charge in [-0.15, -0.1) is 12.3 Å². The molecule has 1 saturated heterocycles. The first kappa shape index (κ1) is 23.7. The molecule has 1 fully saturated rings. The number of allylic oxidation sites excluding steroid dienone is 5. The highest BCUT2D eigenvalue weighted by Gasteiger charge is 2.41. The average molecular weight is 509 g/mol. The van der Waals surface area contributed by atoms with Crippen molar-refractivity contribution in [3.05, 3.63) is 92.1 Å². The maximum absolute atomic E-state index is 13.9. The molecule has 1 unspecified atom stereocenters. The van der Waals surface area contributed by atoms with Crippen LogP contribution in [0.4, 0.5) is 8.78 Å². The summed E-state index contributed by atoms with van der Waals surface area (Å²) in [6.45, 7) is 2.22. The van der Waals surface area contributed by atoms with Gasteiger partial charge in [-0.25, -0.2) is 13.8 Å². The second kappa shape index (κ2) is 9.88. The Morgan fingerprint density at radius 1 is 1.40 bits per heavy atom. The first-order chi connectivity index (χ1) is 16.9. The molecule has 0 spiro atoms. The number of terminal acetylenes is 1. The number of nitrogens with zero attached hydrogens (tertiary/aromatic N) is 3. The topological polar surface area (TPSA) is 40.0 Å². The first-order valence-electron chi connectivity index (χ1n) is 11.3. The van der Waals surface area contributed by atoms with Gasteiger partial charge in [-0.2, -0.15) is 0 Å². The van der Waals surface area contributed by atoms with E-state index in [1.165, 1.54) is 25.1 Å². The number of thioether (sulfide) groups is 1. The summed E-state index contributed by atoms with van der Waals surface area (Å²) >= 11 is 8.14. The van der Waals surface area contributed by atoms with E-state index in [0.717, 1.165) is 46.2 Å². The Morgan fingerprint density at radius 2 is 2.26 bits per heavy atom. The molecule has 4 aliphatic heterocycles. The van der Waals surface area contributed by atoms with Crippen LogP contribution >= 0.6 is 23.4 Å². The van der Waals surface area contributed by atoms with E-state index >= 15 is 0 Å². The van der Waals surface area contributed by atoms with Crippen LogP contribution in [0.15, 0.2) is 85.7 Å². The van der Waals surface area contributed by atoms with Crippen molar-refractivity contribution in [1.82, 2.24) is 10.2 Å². The van der Waals surface area contributed by atoms with Crippen LogP contribution in [0.1, 0.15) is 31.4 Å². The molecule has 1 aromatic rings. The van der Waals surface area contributed by atoms with Gasteiger partial charge in [0, 0.05) is 41.7 Å². The van der Waals surface area contributed by atoms with Gasteiger partial charge in [-0.1, -0.05) is 29.4 Å². The molecule has 0 aliphatic carbocycles. The number of rotatable bonds is 4. The molecular formula is C27H23ClF2N4S. The molecule has 4 nitrogen and oxygen atoms in total. The summed E-state index contributed by atoms with van der Waals surface area (Å²) in [5, 5.41) is 5.90. The molecule has 35 heavy (non-hydrogen) atoms. The van der Waals surface area contributed by atoms with Crippen LogP contribution in [-0.2, 0) is 0 Å². The van der Waals surface area contributed by atoms with Gasteiger partial charge in [0.2, 0.25) is 0 Å². The molecular weight excluding hydrogens is 486 g/mol. The van der Waals surface area contributed by atoms with Gasteiger partial charge in [0.05, 0.1) is 22.4 Å². The number of aliphatic imine (C=N–C) groups is 2. The summed E-state index contributed by atoms with van der Waals surface area (Å²) in [6, 6.07) is 4.02. The second-order valence-corrected chi connectivity index (χ2v) is 10.0. The molecule has 0 aromatic heterocycles. The van der Waals surface area contributed by atoms with Crippen LogP contribution in [0, 0.1) is 24.1 Å². The zero-order valence-electron chi connectivity index (χ0n) is 19.0. The van der Waals surface area contributed by atoms with Gasteiger partial charge in [-0.05, 0) is 60.6 Å². The molecule has 178 valence electrons. The molecule has 0 amide bonds. The zero-order valence-corrected chi connectivity index (χ0v) is 20.6. The molecule has 0 radical (unpaired) electrons. The third kappa shape index (κ3) is 4.73. The Labute approximate surface area is 212 Å². The van der Waals surface area contributed by atoms with Crippen molar-refractivity contribution >= 4 is 35.3 Å². The lowest BCUT2D eigenvalue weighted by molar-refractivity contribution is 0.376. The second-order valence-electron chi connectivity index (χ2n) is 8.69. The minimum atomic E-state index is -1.11. The standard InChI is InChI=1S/C27H23ClF2N4S/c1-3-4-17-12-23-25(22-8-6-19(32-22)11-16(2)29)26(20-7-5-18(30)13-21(20)28)33-27(34(23)15-17)24-14-31-9-10-35-24/h1,5-11,13-14,16-17,26,33H,4,12,15H2,2H3/b19-11-,27-24?/t16-,17?,26+/m1/s1. The summed E-state index contributed by atoms with van der Waals surface area (Å²) in [7, 11) is 0. The predicted octanol–water partition coefficient (Wildman–Crippen LogP) is 6.43. The number of alkyl halides is 1. The largest absolute Gasteiger partial charge is 0.359 e. The number of nitrogens with one attached hydrogen (secondary N) is 1. The van der Waals surface area contributed by atoms with Crippen LogP contribution in [-0.4, -0.2) is 29.5 Å². The Kier molecular flexibility index (Phi) is 6.68. The fourth-order valence-corrected chi connectivity index (χ4v) is 5.73. The lowest BCUT2D eigenvalue weighted by Crippen LogP contribution is -2.41. The lowest BCUT2D eigenvalue weighted by Gasteiger charge is -2.39. The monoisotopic (exact) mass is 508 g/mol. The van der Waals surface area contributed by atoms with Crippen LogP contribution in [0.3, 0.4) is 0 Å². The maximum Gasteiger partial charge on any atom is 0.124 e. The average Bonchev–Trinajstić information content (AvgIpc) is 3.45. The normalized spacial score (nSPS) is 27.2. The number of hydrogen-bond donors (Lipinski definition) is 1. The van der Waals surface area contributed by atoms with Crippen molar-refractivity contribution in [1.29, 1.82) is 0 Å². The van der Waals surface area contributed by atoms with Crippen LogP contribution in [0.25, 0.3) is 0 Å². The van der Waals surface area contributed by atoms with E-state index in [2.05, 4.69) is 21.1 Å². The Morgan fingerprint density at radius 3 is 2.97 bits per heavy atom. The first-order valence-corrected chi connectivity index (χ1v) is 12.6. The van der Waals surface area contributed by atoms with Crippen LogP contribution in [0.5, 0.6) is 0 Å². The van der Waals surface area contributed by atoms with Crippen molar-refractivity contribution in [2.75, 3.05) is 6.54 Å². The van der Waals surface area contributed by atoms with Gasteiger partial charge in [0.15, 0.2) is 0 Å². The van der Waals surface area contributed by atoms with Crippen LogP contribution < -0.4 is 5.32 Å². The highest BCUT2D eigenvalue weighted by molar-refractivity contribution is 8.06. The third-order valence-electron chi connectivity index (χ3n) is 6.18. The van der Waals surface area contributed by atoms with Gasteiger partial charge >= 0.3 is 0 Å². The minimum absolute atomic E-state index is 0.262. The molecule has 0 saturated carbocycles. The summed E-state index contributed by atoms with van der Waals surface area (Å²) < 4.78 is 27.6. The SMILES string of the molecule is C#CCC1CC2=C(C3=N/C(=C\[C@@H](C)F)C=C3)[C@H](c3ccc(F)cc3Cl)NC(=C3C=NC=CS3)N2C1. The lowest BCUT2D eigenvalue weighted by atomic mass is 9.89. The van der Waals surface area contributed by atoms with Crippen molar-refractivity contribution in [3.63, 3.8) is 0 Å². The smallest absolute Gasteiger partial charge is 0.124 e. The number of benzene rings is 1. The molecule has 4 aliphatic rings. The van der Waals surface area contributed by atoms with E-state index in [9.17, 15) is 8.78 Å². The molecule has 1 aromatic carbocycles. The Balaban J connectivity index is 1.71. The fraction of sp³-hybridized carbons (Fsp3) is 0.259. The molecule has 1 N–H and O–H groups in total. The quantitative estimate of drug-likeness (QED) is 0.476. The molecule has 8 heteroatoms. The van der Waals surface area contributed by atoms with Crippen molar-refractivity contribution in [3.8, 4) is 12.3 Å². The summed E-state index contributed by atoms with van der Waals surface area (Å²) in [4.78, 5) is 12.2. The zero-order chi connectivity index (χ0) is 24.5. The highest BCUT2D eigenvalue weighted by atomic mass is 35.5. The number of hydrogen-bond acceptors (Lipinski definition) is 5. The van der Waals surface area contributed by atoms with E-state index in [-0.39, 0.29) is 5.92 Å². The molecule has 0 bridgehead atoms. The van der Waals surface area contributed by atoms with E-state index in [1.807, 2.05) is 23.8 Å². The molecule has 3 atom stereocenters. The van der Waals surface area contributed by atoms with Gasteiger partial charge in [0.25, 0.3) is 0 Å². The number of fused-ring (bicyclic) bond motifs is 1. The predicted molar refractivity (Wildman–Crippen MR) is 140 cm³/mol. The van der Waals surface area contributed by atoms with Crippen molar-refractivity contribution < 1.29 is 8.78 Å². The van der Waals surface area contributed by atoms with Crippen molar-refractivity contribution in [2.45, 2.75) is 32.0 Å². The van der Waals surface area contributed by atoms with E-state index in [4.69, 9.17) is 23.0 Å². The van der Waals surface area contributed by atoms with E-state index in [1.54, 1.807) is 24.0 Å². The maximum atomic E-state index is 13.9. The van der Waals surface area contributed by atoms with Crippen molar-refractivity contribution in [2.24, 2.45) is 15.9 Å². The summed E-state index contributed by atoms with van der Waals surface area (Å²) in [6.07, 6.45) is 14.7. The van der Waals surface area contributed by atoms with E-state index < -0.39 is 18.0 Å². The molecule has 5 rings (SSSR count).